The van der Waals surface area contributed by atoms with Gasteiger partial charge in [0.2, 0.25) is 0 Å². The average molecular weight is 378 g/mol. The van der Waals surface area contributed by atoms with Crippen molar-refractivity contribution in [1.82, 2.24) is 9.88 Å². The summed E-state index contributed by atoms with van der Waals surface area (Å²) in [5.41, 5.74) is 2.58. The van der Waals surface area contributed by atoms with E-state index in [1.807, 2.05) is 29.2 Å². The lowest BCUT2D eigenvalue weighted by molar-refractivity contribution is 0.0693. The Bertz CT molecular complexity index is 1040. The van der Waals surface area contributed by atoms with Crippen molar-refractivity contribution in [2.24, 2.45) is 0 Å². The maximum atomic E-state index is 13.3. The number of likely N-dealkylation sites (tertiary alicyclic amines) is 1. The molecule has 2 aromatic heterocycles. The highest BCUT2D eigenvalue weighted by atomic mass is 16.4. The molecule has 1 saturated heterocycles. The second-order valence-electron chi connectivity index (χ2n) is 7.72. The van der Waals surface area contributed by atoms with Gasteiger partial charge < -0.3 is 13.7 Å². The van der Waals surface area contributed by atoms with E-state index in [1.54, 1.807) is 6.92 Å². The molecule has 0 bridgehead atoms. The summed E-state index contributed by atoms with van der Waals surface area (Å²) in [5, 5.41) is 0. The van der Waals surface area contributed by atoms with Crippen molar-refractivity contribution in [1.29, 1.82) is 0 Å². The molecule has 6 heteroatoms. The van der Waals surface area contributed by atoms with Crippen molar-refractivity contribution in [3.63, 3.8) is 0 Å². The van der Waals surface area contributed by atoms with Crippen LogP contribution in [0.25, 0.3) is 11.1 Å². The molecule has 1 unspecified atom stereocenters. The van der Waals surface area contributed by atoms with Gasteiger partial charge in [-0.15, -0.1) is 0 Å². The normalized spacial score (nSPS) is 19.8. The number of benzene rings is 1. The number of fused-ring (bicyclic) bond motifs is 2. The largest absolute Gasteiger partial charge is 0.465 e. The first-order chi connectivity index (χ1) is 13.6. The summed E-state index contributed by atoms with van der Waals surface area (Å²) in [6, 6.07) is 7.70. The Kier molecular flexibility index (Phi) is 4.07. The number of para-hydroxylation sites is 2. The van der Waals surface area contributed by atoms with Crippen LogP contribution in [0.4, 0.5) is 0 Å². The van der Waals surface area contributed by atoms with Gasteiger partial charge in [0.15, 0.2) is 17.3 Å². The third-order valence-electron chi connectivity index (χ3n) is 5.83. The highest BCUT2D eigenvalue weighted by Crippen LogP contribution is 2.33. The lowest BCUT2D eigenvalue weighted by Gasteiger charge is -2.31. The van der Waals surface area contributed by atoms with Gasteiger partial charge in [0, 0.05) is 25.9 Å². The third-order valence-corrected chi connectivity index (χ3v) is 5.83. The van der Waals surface area contributed by atoms with E-state index in [2.05, 4.69) is 4.98 Å². The molecule has 0 spiro atoms. The molecule has 0 radical (unpaired) electrons. The summed E-state index contributed by atoms with van der Waals surface area (Å²) in [4.78, 5) is 32.2. The number of nitrogens with zero attached hydrogens (tertiary/aromatic N) is 2. The van der Waals surface area contributed by atoms with Crippen LogP contribution in [0, 0.1) is 6.92 Å². The maximum Gasteiger partial charge on any atom is 0.258 e. The van der Waals surface area contributed by atoms with Crippen LogP contribution in [-0.4, -0.2) is 34.7 Å². The fourth-order valence-electron chi connectivity index (χ4n) is 4.45. The minimum absolute atomic E-state index is 0.0222. The highest BCUT2D eigenvalue weighted by Gasteiger charge is 2.35. The second-order valence-corrected chi connectivity index (χ2v) is 7.72. The van der Waals surface area contributed by atoms with Crippen molar-refractivity contribution in [2.75, 3.05) is 13.1 Å². The van der Waals surface area contributed by atoms with Crippen molar-refractivity contribution < 1.29 is 18.4 Å². The number of furan rings is 1. The Morgan fingerprint density at radius 1 is 1.18 bits per heavy atom. The lowest BCUT2D eigenvalue weighted by Crippen LogP contribution is -2.40. The number of rotatable bonds is 2. The molecule has 144 valence electrons. The van der Waals surface area contributed by atoms with Crippen LogP contribution in [-0.2, 0) is 6.42 Å². The number of hydrogen-bond acceptors (Lipinski definition) is 5. The van der Waals surface area contributed by atoms with E-state index in [9.17, 15) is 9.59 Å². The van der Waals surface area contributed by atoms with Crippen LogP contribution >= 0.6 is 0 Å². The van der Waals surface area contributed by atoms with Crippen molar-refractivity contribution >= 4 is 22.8 Å². The molecule has 0 saturated carbocycles. The van der Waals surface area contributed by atoms with Crippen LogP contribution in [0.2, 0.25) is 0 Å². The lowest BCUT2D eigenvalue weighted by atomic mass is 9.92. The van der Waals surface area contributed by atoms with Gasteiger partial charge in [-0.2, -0.15) is 0 Å². The summed E-state index contributed by atoms with van der Waals surface area (Å²) >= 11 is 0. The average Bonchev–Trinajstić information content (AvgIpc) is 3.29. The second kappa shape index (κ2) is 6.62. The summed E-state index contributed by atoms with van der Waals surface area (Å²) in [6.45, 7) is 2.99. The van der Waals surface area contributed by atoms with E-state index in [1.165, 1.54) is 0 Å². The van der Waals surface area contributed by atoms with E-state index in [0.29, 0.717) is 48.0 Å². The first-order valence-corrected chi connectivity index (χ1v) is 9.92. The van der Waals surface area contributed by atoms with Crippen LogP contribution in [0.3, 0.4) is 0 Å². The Labute approximate surface area is 162 Å². The zero-order valence-electron chi connectivity index (χ0n) is 15.9. The summed E-state index contributed by atoms with van der Waals surface area (Å²) in [5.74, 6) is 1.87. The van der Waals surface area contributed by atoms with Crippen LogP contribution in [0.5, 0.6) is 0 Å². The fourth-order valence-corrected chi connectivity index (χ4v) is 4.45. The number of piperidine rings is 1. The maximum absolute atomic E-state index is 13.3. The molecule has 2 aliphatic rings. The quantitative estimate of drug-likeness (QED) is 0.666. The molecular formula is C22H22N2O4. The Hall–Kier alpha value is -2.89. The molecule has 6 nitrogen and oxygen atoms in total. The Morgan fingerprint density at radius 3 is 2.89 bits per heavy atom. The molecule has 3 heterocycles. The van der Waals surface area contributed by atoms with E-state index in [4.69, 9.17) is 8.83 Å². The zero-order valence-corrected chi connectivity index (χ0v) is 15.9. The monoisotopic (exact) mass is 378 g/mol. The number of hydrogen-bond donors (Lipinski definition) is 0. The molecule has 1 aliphatic heterocycles. The molecule has 28 heavy (non-hydrogen) atoms. The molecule has 5 rings (SSSR count). The van der Waals surface area contributed by atoms with Gasteiger partial charge in [-0.25, -0.2) is 4.98 Å². The summed E-state index contributed by atoms with van der Waals surface area (Å²) < 4.78 is 11.7. The van der Waals surface area contributed by atoms with Gasteiger partial charge in [0.25, 0.3) is 5.91 Å². The molecule has 0 N–H and O–H groups in total. The number of carbonyl (C=O) groups is 2. The summed E-state index contributed by atoms with van der Waals surface area (Å²) in [7, 11) is 0. The van der Waals surface area contributed by atoms with E-state index < -0.39 is 0 Å². The highest BCUT2D eigenvalue weighted by molar-refractivity contribution is 6.10. The molecule has 1 atom stereocenters. The van der Waals surface area contributed by atoms with E-state index >= 15 is 0 Å². The van der Waals surface area contributed by atoms with Crippen LogP contribution in [0.15, 0.2) is 33.1 Å². The zero-order chi connectivity index (χ0) is 19.3. The Balaban J connectivity index is 1.43. The number of aromatic nitrogens is 1. The minimum Gasteiger partial charge on any atom is -0.465 e. The van der Waals surface area contributed by atoms with Crippen LogP contribution < -0.4 is 0 Å². The van der Waals surface area contributed by atoms with Crippen molar-refractivity contribution in [3.8, 4) is 0 Å². The standard InChI is InChI=1S/C22H22N2O4/c1-13-19(20-16(25)8-4-10-18(20)27-13)22(26)24-11-5-6-14(12-24)21-23-15-7-2-3-9-17(15)28-21/h2-3,7,9,14H,4-6,8,10-12H2,1H3. The topological polar surface area (TPSA) is 76.6 Å². The molecular weight excluding hydrogens is 356 g/mol. The van der Waals surface area contributed by atoms with E-state index in [0.717, 1.165) is 36.8 Å². The molecule has 1 amide bonds. The number of aryl methyl sites for hydroxylation is 2. The molecule has 1 aromatic carbocycles. The molecule has 3 aromatic rings. The number of amides is 1. The Morgan fingerprint density at radius 2 is 2.04 bits per heavy atom. The number of Topliss-reactive ketones (excluding diaryl/α,β-unsaturated/α-hetero) is 1. The first-order valence-electron chi connectivity index (χ1n) is 9.92. The van der Waals surface area contributed by atoms with Gasteiger partial charge in [-0.3, -0.25) is 9.59 Å². The van der Waals surface area contributed by atoms with Gasteiger partial charge in [-0.1, -0.05) is 12.1 Å². The number of oxazole rings is 1. The number of carbonyl (C=O) groups excluding carboxylic acids is 2. The summed E-state index contributed by atoms with van der Waals surface area (Å²) in [6.07, 6.45) is 3.80. The first kappa shape index (κ1) is 17.2. The van der Waals surface area contributed by atoms with E-state index in [-0.39, 0.29) is 17.6 Å². The van der Waals surface area contributed by atoms with Crippen molar-refractivity contribution in [3.05, 3.63) is 52.8 Å². The van der Waals surface area contributed by atoms with Gasteiger partial charge in [0.05, 0.1) is 17.0 Å². The third kappa shape index (κ3) is 2.75. The molecule has 1 aliphatic carbocycles. The number of ketones is 1. The predicted octanol–water partition coefficient (Wildman–Crippen LogP) is 4.27. The van der Waals surface area contributed by atoms with Gasteiger partial charge >= 0.3 is 0 Å². The smallest absolute Gasteiger partial charge is 0.258 e. The van der Waals surface area contributed by atoms with Crippen LogP contribution in [0.1, 0.15) is 69.7 Å². The fraction of sp³-hybridized carbons (Fsp3) is 0.409. The van der Waals surface area contributed by atoms with Crippen molar-refractivity contribution in [2.45, 2.75) is 44.9 Å². The molecule has 1 fully saturated rings. The minimum atomic E-state index is -0.112. The SMILES string of the molecule is Cc1oc2c(c1C(=O)N1CCCC(c3nc4ccccc4o3)C1)C(=O)CCC2. The predicted molar refractivity (Wildman–Crippen MR) is 103 cm³/mol. The van der Waals surface area contributed by atoms with Gasteiger partial charge in [-0.05, 0) is 38.3 Å². The van der Waals surface area contributed by atoms with Gasteiger partial charge in [0.1, 0.15) is 17.0 Å².